The minimum absolute atomic E-state index is 0.0340. The van der Waals surface area contributed by atoms with Crippen molar-refractivity contribution in [2.24, 2.45) is 0 Å². The highest BCUT2D eigenvalue weighted by Crippen LogP contribution is 2.38. The van der Waals surface area contributed by atoms with E-state index in [0.29, 0.717) is 5.69 Å². The molecule has 1 saturated heterocycles. The van der Waals surface area contributed by atoms with Crippen LogP contribution < -0.4 is 5.56 Å². The number of rotatable bonds is 4. The van der Waals surface area contributed by atoms with E-state index in [2.05, 4.69) is 19.5 Å². The lowest BCUT2D eigenvalue weighted by Crippen LogP contribution is -2.33. The number of aromatic nitrogens is 5. The maximum atomic E-state index is 12.5. The maximum absolute atomic E-state index is 12.5. The summed E-state index contributed by atoms with van der Waals surface area (Å²) in [5, 5.41) is 20.4. The number of ether oxygens (including phenoxy) is 1. The predicted octanol–water partition coefficient (Wildman–Crippen LogP) is -1.59. The number of phosphoric acid groups is 1. The second kappa shape index (κ2) is 6.21. The fourth-order valence-corrected chi connectivity index (χ4v) is 3.39. The number of hydrogen-bond acceptors (Lipinski definition) is 8. The van der Waals surface area contributed by atoms with Gasteiger partial charge in [0, 0.05) is 11.9 Å². The van der Waals surface area contributed by atoms with Crippen LogP contribution in [0, 0.1) is 6.92 Å². The highest BCUT2D eigenvalue weighted by atomic mass is 31.2. The molecule has 0 amide bonds. The van der Waals surface area contributed by atoms with Gasteiger partial charge in [-0.3, -0.25) is 13.9 Å². The first-order chi connectivity index (χ1) is 12.7. The number of imidazole rings is 2. The van der Waals surface area contributed by atoms with Crippen molar-refractivity contribution in [2.75, 3.05) is 6.61 Å². The first-order valence-electron chi connectivity index (χ1n) is 7.82. The van der Waals surface area contributed by atoms with Crippen molar-refractivity contribution in [3.63, 3.8) is 0 Å². The molecule has 14 heteroatoms. The molecule has 1 fully saturated rings. The van der Waals surface area contributed by atoms with Crippen LogP contribution in [0.1, 0.15) is 11.9 Å². The second-order valence-electron chi connectivity index (χ2n) is 6.20. The molecule has 0 radical (unpaired) electrons. The minimum atomic E-state index is -4.77. The van der Waals surface area contributed by atoms with Gasteiger partial charge in [0.2, 0.25) is 5.78 Å². The number of H-pyrrole nitrogens is 1. The van der Waals surface area contributed by atoms with Crippen LogP contribution >= 0.6 is 7.82 Å². The van der Waals surface area contributed by atoms with E-state index in [1.807, 2.05) is 0 Å². The van der Waals surface area contributed by atoms with Gasteiger partial charge in [-0.1, -0.05) is 0 Å². The molecule has 27 heavy (non-hydrogen) atoms. The number of aliphatic hydroxyl groups is 2. The number of nitrogens with zero attached hydrogens (tertiary/aromatic N) is 4. The molecule has 0 aromatic carbocycles. The monoisotopic (exact) mass is 401 g/mol. The number of phosphoric ester groups is 1. The van der Waals surface area contributed by atoms with Crippen LogP contribution in [0.2, 0.25) is 0 Å². The summed E-state index contributed by atoms with van der Waals surface area (Å²) in [6, 6.07) is 0. The third-order valence-corrected chi connectivity index (χ3v) is 4.76. The Kier molecular flexibility index (Phi) is 4.20. The van der Waals surface area contributed by atoms with Gasteiger partial charge in [0.25, 0.3) is 5.56 Å². The standard InChI is InChI=1S/C13H16N5O8P/c1-5-2-17-11(21)7-10(16-13(17)15-5)18(4-14-7)12-9(20)8(19)6(26-12)3-25-27(22,23)24/h2,4,6,8-9,12,19-20H,3H2,1H3,(H,15,16)(H2,22,23,24)/t6-,8-,9-,12-/m1/s1. The maximum Gasteiger partial charge on any atom is 0.469 e. The van der Waals surface area contributed by atoms with Gasteiger partial charge < -0.3 is 29.7 Å². The summed E-state index contributed by atoms with van der Waals surface area (Å²) in [7, 11) is -4.77. The molecule has 0 bridgehead atoms. The molecule has 0 aliphatic carbocycles. The van der Waals surface area contributed by atoms with Gasteiger partial charge in [-0.2, -0.15) is 4.98 Å². The number of nitrogens with one attached hydrogen (secondary N) is 1. The largest absolute Gasteiger partial charge is 0.469 e. The number of fused-ring (bicyclic) bond motifs is 2. The van der Waals surface area contributed by atoms with Crippen molar-refractivity contribution in [1.29, 1.82) is 0 Å². The van der Waals surface area contributed by atoms with Crippen molar-refractivity contribution < 1.29 is 33.8 Å². The highest BCUT2D eigenvalue weighted by molar-refractivity contribution is 7.46. The topological polar surface area (TPSA) is 184 Å². The summed E-state index contributed by atoms with van der Waals surface area (Å²) in [6.07, 6.45) is -2.51. The molecule has 13 nitrogen and oxygen atoms in total. The molecule has 5 N–H and O–H groups in total. The summed E-state index contributed by atoms with van der Waals surface area (Å²) < 4.78 is 23.2. The molecular weight excluding hydrogens is 385 g/mol. The zero-order valence-electron chi connectivity index (χ0n) is 13.8. The summed E-state index contributed by atoms with van der Waals surface area (Å²) in [4.78, 5) is 41.3. The summed E-state index contributed by atoms with van der Waals surface area (Å²) in [5.74, 6) is 0.265. The van der Waals surface area contributed by atoms with Crippen LogP contribution in [0.15, 0.2) is 17.3 Å². The molecule has 3 aromatic rings. The van der Waals surface area contributed by atoms with Crippen molar-refractivity contribution in [1.82, 2.24) is 23.9 Å². The minimum Gasteiger partial charge on any atom is -0.387 e. The zero-order valence-corrected chi connectivity index (χ0v) is 14.7. The average molecular weight is 401 g/mol. The molecule has 1 aliphatic heterocycles. The Balaban J connectivity index is 1.71. The molecule has 0 saturated carbocycles. The Labute approximate surface area is 150 Å². The van der Waals surface area contributed by atoms with E-state index in [9.17, 15) is 19.6 Å². The molecule has 3 aromatic heterocycles. The summed E-state index contributed by atoms with van der Waals surface area (Å²) in [6.45, 7) is 1.12. The van der Waals surface area contributed by atoms with E-state index >= 15 is 0 Å². The molecule has 4 rings (SSSR count). The lowest BCUT2D eigenvalue weighted by molar-refractivity contribution is -0.0503. The smallest absolute Gasteiger partial charge is 0.387 e. The van der Waals surface area contributed by atoms with E-state index in [-0.39, 0.29) is 16.9 Å². The average Bonchev–Trinajstić information content (AvgIpc) is 3.23. The Morgan fingerprint density at radius 1 is 1.37 bits per heavy atom. The number of aliphatic hydroxyl groups excluding tert-OH is 2. The van der Waals surface area contributed by atoms with Crippen molar-refractivity contribution in [3.8, 4) is 0 Å². The van der Waals surface area contributed by atoms with Crippen LogP contribution in [0.4, 0.5) is 0 Å². The lowest BCUT2D eigenvalue weighted by atomic mass is 10.1. The van der Waals surface area contributed by atoms with Crippen LogP contribution in [0.3, 0.4) is 0 Å². The summed E-state index contributed by atoms with van der Waals surface area (Å²) >= 11 is 0. The van der Waals surface area contributed by atoms with Gasteiger partial charge in [0.15, 0.2) is 17.4 Å². The molecule has 1 aliphatic rings. The van der Waals surface area contributed by atoms with Crippen LogP contribution in [-0.4, -0.2) is 68.8 Å². The van der Waals surface area contributed by atoms with E-state index in [4.69, 9.17) is 14.5 Å². The fraction of sp³-hybridized carbons (Fsp3) is 0.462. The number of hydrogen-bond donors (Lipinski definition) is 5. The van der Waals surface area contributed by atoms with Gasteiger partial charge in [0.05, 0.1) is 12.9 Å². The number of aromatic amines is 1. The van der Waals surface area contributed by atoms with E-state index < -0.39 is 44.5 Å². The van der Waals surface area contributed by atoms with Crippen LogP contribution in [0.5, 0.6) is 0 Å². The van der Waals surface area contributed by atoms with Crippen molar-refractivity contribution >= 4 is 24.8 Å². The van der Waals surface area contributed by atoms with Crippen molar-refractivity contribution in [3.05, 3.63) is 28.6 Å². The molecule has 0 spiro atoms. The third-order valence-electron chi connectivity index (χ3n) is 4.28. The van der Waals surface area contributed by atoms with Gasteiger partial charge in [-0.25, -0.2) is 13.9 Å². The molecule has 146 valence electrons. The SMILES string of the molecule is Cc1cn2c(=O)c3ncn([C@@H]4O[C@H](COP(=O)(O)O)[C@@H](O)[C@H]4O)c3nc2[nH]1. The van der Waals surface area contributed by atoms with Gasteiger partial charge >= 0.3 is 7.82 Å². The second-order valence-corrected chi connectivity index (χ2v) is 7.44. The quantitative estimate of drug-likeness (QED) is 0.319. The van der Waals surface area contributed by atoms with Crippen LogP contribution in [-0.2, 0) is 13.8 Å². The first kappa shape index (κ1) is 18.3. The Bertz CT molecular complexity index is 1120. The molecule has 4 heterocycles. The first-order valence-corrected chi connectivity index (χ1v) is 9.35. The third kappa shape index (κ3) is 3.08. The zero-order chi connectivity index (χ0) is 19.5. The Hall–Kier alpha value is -2.12. The van der Waals surface area contributed by atoms with Crippen molar-refractivity contribution in [2.45, 2.75) is 31.5 Å². The van der Waals surface area contributed by atoms with Gasteiger partial charge in [-0.15, -0.1) is 0 Å². The lowest BCUT2D eigenvalue weighted by Gasteiger charge is -2.16. The number of aryl methyl sites for hydroxylation is 1. The van der Waals surface area contributed by atoms with E-state index in [0.717, 1.165) is 0 Å². The Morgan fingerprint density at radius 3 is 2.81 bits per heavy atom. The molecular formula is C13H16N5O8P. The summed E-state index contributed by atoms with van der Waals surface area (Å²) in [5.41, 5.74) is 0.440. The normalized spacial score (nSPS) is 26.4. The van der Waals surface area contributed by atoms with Gasteiger partial charge in [0.1, 0.15) is 18.3 Å². The van der Waals surface area contributed by atoms with E-state index in [1.165, 1.54) is 15.3 Å². The van der Waals surface area contributed by atoms with Gasteiger partial charge in [-0.05, 0) is 6.92 Å². The predicted molar refractivity (Wildman–Crippen MR) is 87.8 cm³/mol. The highest BCUT2D eigenvalue weighted by Gasteiger charge is 2.45. The fourth-order valence-electron chi connectivity index (χ4n) is 3.04. The van der Waals surface area contributed by atoms with Crippen LogP contribution in [0.25, 0.3) is 16.9 Å². The molecule has 0 unspecified atom stereocenters. The van der Waals surface area contributed by atoms with E-state index in [1.54, 1.807) is 13.1 Å². The molecule has 4 atom stereocenters. The Morgan fingerprint density at radius 2 is 2.11 bits per heavy atom.